The first kappa shape index (κ1) is 22.2. The number of anilines is 2. The molecule has 0 aliphatic rings. The van der Waals surface area contributed by atoms with Crippen LogP contribution in [0.25, 0.3) is 22.3 Å². The second-order valence-electron chi connectivity index (χ2n) is 7.04. The van der Waals surface area contributed by atoms with Gasteiger partial charge in [0.05, 0.1) is 19.2 Å². The SMILES string of the molecule is CCCOc1cc2c(Nc3cccc(OC(F)F)c3)nc(-c3cccnc3)nc2cc1OC. The number of benzene rings is 2. The van der Waals surface area contributed by atoms with Crippen molar-refractivity contribution in [3.63, 3.8) is 0 Å². The van der Waals surface area contributed by atoms with Gasteiger partial charge in [-0.2, -0.15) is 8.78 Å². The van der Waals surface area contributed by atoms with E-state index in [1.54, 1.807) is 49.8 Å². The van der Waals surface area contributed by atoms with Crippen LogP contribution in [0, 0.1) is 0 Å². The molecule has 0 aliphatic carbocycles. The molecule has 170 valence electrons. The zero-order valence-electron chi connectivity index (χ0n) is 18.1. The predicted molar refractivity (Wildman–Crippen MR) is 121 cm³/mol. The molecule has 0 saturated heterocycles. The van der Waals surface area contributed by atoms with Gasteiger partial charge in [-0.15, -0.1) is 0 Å². The van der Waals surface area contributed by atoms with E-state index in [-0.39, 0.29) is 5.75 Å². The van der Waals surface area contributed by atoms with Gasteiger partial charge in [0, 0.05) is 41.2 Å². The van der Waals surface area contributed by atoms with Gasteiger partial charge in [-0.3, -0.25) is 4.98 Å². The second-order valence-corrected chi connectivity index (χ2v) is 7.04. The Balaban J connectivity index is 1.84. The Hall–Kier alpha value is -4.01. The molecule has 2 heterocycles. The number of methoxy groups -OCH3 is 1. The van der Waals surface area contributed by atoms with Gasteiger partial charge in [-0.25, -0.2) is 9.97 Å². The Labute approximate surface area is 189 Å². The summed E-state index contributed by atoms with van der Waals surface area (Å²) in [4.78, 5) is 13.5. The highest BCUT2D eigenvalue weighted by atomic mass is 19.3. The van der Waals surface area contributed by atoms with Gasteiger partial charge in [0.25, 0.3) is 0 Å². The molecule has 9 heteroatoms. The fraction of sp³-hybridized carbons (Fsp3) is 0.208. The van der Waals surface area contributed by atoms with E-state index in [0.717, 1.165) is 12.0 Å². The Bertz CT molecular complexity index is 1240. The second kappa shape index (κ2) is 10.1. The van der Waals surface area contributed by atoms with Crippen LogP contribution in [0.4, 0.5) is 20.3 Å². The van der Waals surface area contributed by atoms with E-state index in [9.17, 15) is 8.78 Å². The number of hydrogen-bond donors (Lipinski definition) is 1. The molecule has 2 aromatic heterocycles. The zero-order chi connectivity index (χ0) is 23.2. The summed E-state index contributed by atoms with van der Waals surface area (Å²) in [5, 5.41) is 3.87. The Morgan fingerprint density at radius 3 is 2.64 bits per heavy atom. The van der Waals surface area contributed by atoms with Crippen molar-refractivity contribution in [1.29, 1.82) is 0 Å². The standard InChI is InChI=1S/C24H22F2N4O3/c1-3-10-32-21-12-18-19(13-20(21)31-2)29-22(15-6-5-9-27-14-15)30-23(18)28-16-7-4-8-17(11-16)33-24(25)26/h4-9,11-14,24H,3,10H2,1-2H3,(H,28,29,30). The van der Waals surface area contributed by atoms with Gasteiger partial charge in [-0.1, -0.05) is 13.0 Å². The summed E-state index contributed by atoms with van der Waals surface area (Å²) in [6.07, 6.45) is 4.16. The minimum absolute atomic E-state index is 0.0366. The number of halogens is 2. The average molecular weight is 452 g/mol. The summed E-state index contributed by atoms with van der Waals surface area (Å²) in [5.74, 6) is 2.06. The number of nitrogens with one attached hydrogen (secondary N) is 1. The summed E-state index contributed by atoms with van der Waals surface area (Å²) in [6, 6.07) is 13.5. The van der Waals surface area contributed by atoms with E-state index >= 15 is 0 Å². The zero-order valence-corrected chi connectivity index (χ0v) is 18.1. The van der Waals surface area contributed by atoms with Crippen LogP contribution in [0.2, 0.25) is 0 Å². The average Bonchev–Trinajstić information content (AvgIpc) is 2.82. The summed E-state index contributed by atoms with van der Waals surface area (Å²) >= 11 is 0. The molecule has 0 radical (unpaired) electrons. The van der Waals surface area contributed by atoms with E-state index in [4.69, 9.17) is 9.47 Å². The molecule has 0 aliphatic heterocycles. The lowest BCUT2D eigenvalue weighted by Gasteiger charge is -2.15. The smallest absolute Gasteiger partial charge is 0.387 e. The van der Waals surface area contributed by atoms with Crippen molar-refractivity contribution >= 4 is 22.4 Å². The molecule has 0 atom stereocenters. The molecule has 4 aromatic rings. The molecule has 7 nitrogen and oxygen atoms in total. The molecule has 0 bridgehead atoms. The summed E-state index contributed by atoms with van der Waals surface area (Å²) in [7, 11) is 1.57. The van der Waals surface area contributed by atoms with Crippen molar-refractivity contribution in [3.8, 4) is 28.6 Å². The monoisotopic (exact) mass is 452 g/mol. The third-order valence-electron chi connectivity index (χ3n) is 4.68. The van der Waals surface area contributed by atoms with E-state index in [1.807, 2.05) is 13.0 Å². The summed E-state index contributed by atoms with van der Waals surface area (Å²) < 4.78 is 41.2. The van der Waals surface area contributed by atoms with Gasteiger partial charge in [0.1, 0.15) is 11.6 Å². The van der Waals surface area contributed by atoms with E-state index in [1.165, 1.54) is 12.1 Å². The van der Waals surface area contributed by atoms with E-state index < -0.39 is 6.61 Å². The van der Waals surface area contributed by atoms with Crippen molar-refractivity contribution in [2.75, 3.05) is 19.0 Å². The van der Waals surface area contributed by atoms with Crippen LogP contribution in [0.1, 0.15) is 13.3 Å². The molecular weight excluding hydrogens is 430 g/mol. The lowest BCUT2D eigenvalue weighted by molar-refractivity contribution is -0.0498. The van der Waals surface area contributed by atoms with Crippen molar-refractivity contribution in [3.05, 3.63) is 60.9 Å². The van der Waals surface area contributed by atoms with Crippen molar-refractivity contribution in [2.24, 2.45) is 0 Å². The summed E-state index contributed by atoms with van der Waals surface area (Å²) in [6.45, 7) is -0.382. The van der Waals surface area contributed by atoms with Crippen LogP contribution in [0.3, 0.4) is 0 Å². The van der Waals surface area contributed by atoms with Gasteiger partial charge in [0.2, 0.25) is 0 Å². The lowest BCUT2D eigenvalue weighted by Crippen LogP contribution is -2.04. The summed E-state index contributed by atoms with van der Waals surface area (Å²) in [5.41, 5.74) is 1.87. The Morgan fingerprint density at radius 2 is 1.91 bits per heavy atom. The topological polar surface area (TPSA) is 78.4 Å². The van der Waals surface area contributed by atoms with Crippen molar-refractivity contribution in [1.82, 2.24) is 15.0 Å². The van der Waals surface area contributed by atoms with Gasteiger partial charge < -0.3 is 19.5 Å². The fourth-order valence-electron chi connectivity index (χ4n) is 3.23. The van der Waals surface area contributed by atoms with Gasteiger partial charge in [-0.05, 0) is 36.8 Å². The maximum absolute atomic E-state index is 12.7. The third kappa shape index (κ3) is 5.25. The van der Waals surface area contributed by atoms with E-state index in [2.05, 4.69) is 25.0 Å². The van der Waals surface area contributed by atoms with Crippen LogP contribution in [-0.2, 0) is 0 Å². The van der Waals surface area contributed by atoms with Crippen LogP contribution in [0.15, 0.2) is 60.9 Å². The van der Waals surface area contributed by atoms with Crippen LogP contribution in [0.5, 0.6) is 17.2 Å². The molecule has 33 heavy (non-hydrogen) atoms. The molecule has 0 fully saturated rings. The first-order valence-corrected chi connectivity index (χ1v) is 10.3. The molecular formula is C24H22F2N4O3. The number of ether oxygens (including phenoxy) is 3. The first-order valence-electron chi connectivity index (χ1n) is 10.3. The number of rotatable bonds is 9. The minimum Gasteiger partial charge on any atom is -0.493 e. The Morgan fingerprint density at radius 1 is 1.03 bits per heavy atom. The third-order valence-corrected chi connectivity index (χ3v) is 4.68. The highest BCUT2D eigenvalue weighted by Crippen LogP contribution is 2.36. The number of hydrogen-bond acceptors (Lipinski definition) is 7. The number of aromatic nitrogens is 3. The fourth-order valence-corrected chi connectivity index (χ4v) is 3.23. The molecule has 1 N–H and O–H groups in total. The molecule has 0 saturated carbocycles. The predicted octanol–water partition coefficient (Wildman–Crippen LogP) is 5.83. The molecule has 4 rings (SSSR count). The van der Waals surface area contributed by atoms with E-state index in [0.29, 0.717) is 46.3 Å². The van der Waals surface area contributed by atoms with Crippen molar-refractivity contribution < 1.29 is 23.0 Å². The maximum atomic E-state index is 12.7. The Kier molecular flexibility index (Phi) is 6.77. The first-order chi connectivity index (χ1) is 16.1. The molecule has 2 aromatic carbocycles. The van der Waals surface area contributed by atoms with Gasteiger partial charge >= 0.3 is 6.61 Å². The van der Waals surface area contributed by atoms with Crippen LogP contribution in [-0.4, -0.2) is 35.3 Å². The quantitative estimate of drug-likeness (QED) is 0.342. The van der Waals surface area contributed by atoms with Gasteiger partial charge in [0.15, 0.2) is 17.3 Å². The largest absolute Gasteiger partial charge is 0.493 e. The molecule has 0 spiro atoms. The molecule has 0 unspecified atom stereocenters. The lowest BCUT2D eigenvalue weighted by atomic mass is 10.1. The minimum atomic E-state index is -2.91. The highest BCUT2D eigenvalue weighted by molar-refractivity contribution is 5.94. The number of fused-ring (bicyclic) bond motifs is 1. The maximum Gasteiger partial charge on any atom is 0.387 e. The highest BCUT2D eigenvalue weighted by Gasteiger charge is 2.15. The normalized spacial score (nSPS) is 10.9. The number of pyridine rings is 1. The number of nitrogens with zero attached hydrogens (tertiary/aromatic N) is 3. The van der Waals surface area contributed by atoms with Crippen molar-refractivity contribution in [2.45, 2.75) is 20.0 Å². The molecule has 0 amide bonds. The van der Waals surface area contributed by atoms with Crippen LogP contribution >= 0.6 is 0 Å². The van der Waals surface area contributed by atoms with Crippen LogP contribution < -0.4 is 19.5 Å². The number of alkyl halides is 2.